The molecule has 3 amide bonds. The Hall–Kier alpha value is -2.24. The number of benzene rings is 1. The molecule has 0 fully saturated rings. The van der Waals surface area contributed by atoms with Crippen molar-refractivity contribution in [2.45, 2.75) is 53.6 Å². The molecule has 1 unspecified atom stereocenters. The zero-order valence-corrected chi connectivity index (χ0v) is 23.0. The Balaban J connectivity index is 0.00000387. The summed E-state index contributed by atoms with van der Waals surface area (Å²) in [4.78, 5) is 40.0. The topological polar surface area (TPSA) is 148 Å². The van der Waals surface area contributed by atoms with E-state index in [-0.39, 0.29) is 49.9 Å². The number of hydrogen-bond acceptors (Lipinski definition) is 7. The number of aliphatic hydroxyl groups is 3. The standard InChI is InChI=1S/C22H34ClN3O7.C3H8/c1-5-16-19(22(32)26(4)10-15(29)11-28)13(2)18(21(31)24-7-8-27)14(3)20(16)25-17(30)12-33-9-6-23;1-3-2/h15,27-29H,5-12H2,1-4H3,(H,24,31)(H,25,30);3H2,1-2H3. The molecule has 10 nitrogen and oxygen atoms in total. The third kappa shape index (κ3) is 10.0. The second-order valence-electron chi connectivity index (χ2n) is 8.21. The maximum Gasteiger partial charge on any atom is 0.254 e. The van der Waals surface area contributed by atoms with E-state index in [0.717, 1.165) is 0 Å². The van der Waals surface area contributed by atoms with E-state index in [0.29, 0.717) is 28.8 Å². The van der Waals surface area contributed by atoms with Crippen LogP contribution in [0.25, 0.3) is 0 Å². The Labute approximate surface area is 219 Å². The van der Waals surface area contributed by atoms with Gasteiger partial charge in [-0.25, -0.2) is 0 Å². The van der Waals surface area contributed by atoms with Gasteiger partial charge in [-0.3, -0.25) is 14.4 Å². The number of hydrogen-bond donors (Lipinski definition) is 5. The normalized spacial score (nSPS) is 11.3. The number of anilines is 1. The summed E-state index contributed by atoms with van der Waals surface area (Å²) >= 11 is 5.57. The largest absolute Gasteiger partial charge is 0.395 e. The molecule has 0 radical (unpaired) electrons. The summed E-state index contributed by atoms with van der Waals surface area (Å²) in [7, 11) is 1.48. The number of halogens is 1. The van der Waals surface area contributed by atoms with Gasteiger partial charge in [0.15, 0.2) is 0 Å². The third-order valence-corrected chi connectivity index (χ3v) is 5.21. The lowest BCUT2D eigenvalue weighted by atomic mass is 9.88. The number of likely N-dealkylation sites (N-methyl/N-ethyl adjacent to an activating group) is 1. The fourth-order valence-electron chi connectivity index (χ4n) is 3.56. The molecule has 0 spiro atoms. The van der Waals surface area contributed by atoms with Gasteiger partial charge in [-0.15, -0.1) is 11.6 Å². The van der Waals surface area contributed by atoms with Crippen molar-refractivity contribution >= 4 is 35.0 Å². The van der Waals surface area contributed by atoms with Crippen LogP contribution in [0, 0.1) is 13.8 Å². The number of nitrogens with one attached hydrogen (secondary N) is 2. The number of aliphatic hydroxyl groups excluding tert-OH is 3. The highest BCUT2D eigenvalue weighted by atomic mass is 35.5. The molecule has 0 aliphatic heterocycles. The molecule has 1 atom stereocenters. The van der Waals surface area contributed by atoms with Crippen LogP contribution < -0.4 is 10.6 Å². The number of amides is 3. The Kier molecular flexibility index (Phi) is 16.9. The summed E-state index contributed by atoms with van der Waals surface area (Å²) in [5.41, 5.74) is 2.17. The van der Waals surface area contributed by atoms with E-state index < -0.39 is 30.4 Å². The quantitative estimate of drug-likeness (QED) is 0.192. The first-order chi connectivity index (χ1) is 17.1. The summed E-state index contributed by atoms with van der Waals surface area (Å²) in [6, 6.07) is 0. The fourth-order valence-corrected chi connectivity index (χ4v) is 3.67. The summed E-state index contributed by atoms with van der Waals surface area (Å²) in [6.45, 7) is 8.45. The lowest BCUT2D eigenvalue weighted by Crippen LogP contribution is -2.37. The average Bonchev–Trinajstić information content (AvgIpc) is 2.84. The van der Waals surface area contributed by atoms with Crippen molar-refractivity contribution in [2.24, 2.45) is 0 Å². The number of alkyl halides is 1. The van der Waals surface area contributed by atoms with Crippen molar-refractivity contribution in [1.82, 2.24) is 10.2 Å². The highest BCUT2D eigenvalue weighted by molar-refractivity contribution is 6.18. The predicted molar refractivity (Wildman–Crippen MR) is 141 cm³/mol. The van der Waals surface area contributed by atoms with E-state index in [1.165, 1.54) is 18.4 Å². The first-order valence-corrected chi connectivity index (χ1v) is 12.6. The van der Waals surface area contributed by atoms with E-state index in [4.69, 9.17) is 26.6 Å². The molecule has 206 valence electrons. The maximum atomic E-state index is 13.4. The number of rotatable bonds is 13. The Morgan fingerprint density at radius 2 is 1.69 bits per heavy atom. The summed E-state index contributed by atoms with van der Waals surface area (Å²) in [5, 5.41) is 33.3. The van der Waals surface area contributed by atoms with E-state index in [2.05, 4.69) is 24.5 Å². The zero-order chi connectivity index (χ0) is 27.8. The molecule has 36 heavy (non-hydrogen) atoms. The van der Waals surface area contributed by atoms with Crippen LogP contribution in [0.1, 0.15) is 64.6 Å². The molecule has 0 heterocycles. The Morgan fingerprint density at radius 1 is 1.08 bits per heavy atom. The molecule has 1 aromatic carbocycles. The lowest BCUT2D eigenvalue weighted by Gasteiger charge is -2.26. The van der Waals surface area contributed by atoms with E-state index >= 15 is 0 Å². The molecule has 0 aliphatic rings. The molecule has 11 heteroatoms. The Morgan fingerprint density at radius 3 is 2.19 bits per heavy atom. The predicted octanol–water partition coefficient (Wildman–Crippen LogP) is 1.62. The minimum atomic E-state index is -1.12. The first-order valence-electron chi connectivity index (χ1n) is 12.1. The van der Waals surface area contributed by atoms with E-state index in [1.54, 1.807) is 13.8 Å². The van der Waals surface area contributed by atoms with Gasteiger partial charge in [-0.2, -0.15) is 0 Å². The maximum absolute atomic E-state index is 13.4. The molecule has 0 aromatic heterocycles. The lowest BCUT2D eigenvalue weighted by molar-refractivity contribution is -0.120. The molecule has 0 aliphatic carbocycles. The molecule has 0 saturated carbocycles. The molecular weight excluding hydrogens is 490 g/mol. The van der Waals surface area contributed by atoms with Crippen molar-refractivity contribution < 1.29 is 34.4 Å². The molecule has 1 aromatic rings. The van der Waals surface area contributed by atoms with Crippen LogP contribution in [0.3, 0.4) is 0 Å². The van der Waals surface area contributed by atoms with Crippen molar-refractivity contribution in [1.29, 1.82) is 0 Å². The third-order valence-electron chi connectivity index (χ3n) is 5.06. The van der Waals surface area contributed by atoms with Gasteiger partial charge in [0.2, 0.25) is 5.91 Å². The minimum Gasteiger partial charge on any atom is -0.395 e. The van der Waals surface area contributed by atoms with Crippen molar-refractivity contribution in [2.75, 3.05) is 57.8 Å². The van der Waals surface area contributed by atoms with Crippen molar-refractivity contribution in [3.63, 3.8) is 0 Å². The van der Waals surface area contributed by atoms with E-state index in [9.17, 15) is 19.5 Å². The number of carbonyl (C=O) groups excluding carboxylic acids is 3. The molecule has 0 saturated heterocycles. The summed E-state index contributed by atoms with van der Waals surface area (Å²) in [5.74, 6) is -1.20. The second-order valence-corrected chi connectivity index (χ2v) is 8.58. The van der Waals surface area contributed by atoms with Gasteiger partial charge in [0.05, 0.1) is 25.9 Å². The highest BCUT2D eigenvalue weighted by Crippen LogP contribution is 2.33. The average molecular weight is 532 g/mol. The van der Waals surface area contributed by atoms with Gasteiger partial charge in [0.1, 0.15) is 6.61 Å². The second kappa shape index (κ2) is 18.1. The molecule has 1 rings (SSSR count). The molecular formula is C25H42ClN3O7. The van der Waals surface area contributed by atoms with Gasteiger partial charge in [0.25, 0.3) is 11.8 Å². The van der Waals surface area contributed by atoms with Crippen LogP contribution in [-0.2, 0) is 16.0 Å². The molecule has 0 bridgehead atoms. The number of nitrogens with zero attached hydrogens (tertiary/aromatic N) is 1. The Bertz CT molecular complexity index is 865. The summed E-state index contributed by atoms with van der Waals surface area (Å²) < 4.78 is 5.18. The monoisotopic (exact) mass is 531 g/mol. The van der Waals surface area contributed by atoms with Crippen LogP contribution >= 0.6 is 11.6 Å². The SMILES string of the molecule is CCC.CCc1c(NC(=O)COCCCl)c(C)c(C(=O)NCCO)c(C)c1C(=O)N(C)CC(O)CO. The zero-order valence-electron chi connectivity index (χ0n) is 22.2. The van der Waals surface area contributed by atoms with Gasteiger partial charge in [-0.05, 0) is 37.0 Å². The van der Waals surface area contributed by atoms with Gasteiger partial charge in [-0.1, -0.05) is 27.2 Å². The smallest absolute Gasteiger partial charge is 0.254 e. The van der Waals surface area contributed by atoms with Gasteiger partial charge in [0, 0.05) is 42.8 Å². The number of carbonyl (C=O) groups is 3. The van der Waals surface area contributed by atoms with Crippen molar-refractivity contribution in [3.8, 4) is 0 Å². The summed E-state index contributed by atoms with van der Waals surface area (Å²) in [6.07, 6.45) is 0.496. The van der Waals surface area contributed by atoms with Crippen LogP contribution in [0.4, 0.5) is 5.69 Å². The first kappa shape index (κ1) is 33.8. The fraction of sp³-hybridized carbons (Fsp3) is 0.640. The van der Waals surface area contributed by atoms with Crippen molar-refractivity contribution in [3.05, 3.63) is 27.8 Å². The molecule has 5 N–H and O–H groups in total. The van der Waals surface area contributed by atoms with Crippen LogP contribution in [-0.4, -0.2) is 96.5 Å². The van der Waals surface area contributed by atoms with Gasteiger partial charge < -0.3 is 35.6 Å². The number of ether oxygens (including phenoxy) is 1. The van der Waals surface area contributed by atoms with Crippen LogP contribution in [0.5, 0.6) is 0 Å². The van der Waals surface area contributed by atoms with Crippen LogP contribution in [0.2, 0.25) is 0 Å². The highest BCUT2D eigenvalue weighted by Gasteiger charge is 2.29. The van der Waals surface area contributed by atoms with Gasteiger partial charge >= 0.3 is 0 Å². The minimum absolute atomic E-state index is 0.0209. The van der Waals surface area contributed by atoms with E-state index in [1.807, 2.05) is 6.92 Å². The van der Waals surface area contributed by atoms with Crippen LogP contribution in [0.15, 0.2) is 0 Å².